The van der Waals surface area contributed by atoms with Gasteiger partial charge in [-0.25, -0.2) is 0 Å². The van der Waals surface area contributed by atoms with Crippen molar-refractivity contribution in [3.8, 4) is 0 Å². The molecule has 0 saturated carbocycles. The quantitative estimate of drug-likeness (QED) is 0.901. The number of nitrogens with one attached hydrogen (secondary N) is 1. The van der Waals surface area contributed by atoms with Gasteiger partial charge in [-0.2, -0.15) is 9.90 Å². The number of hydrogen-bond donors (Lipinski definition) is 2. The molecule has 6 nitrogen and oxygen atoms in total. The molecule has 0 aliphatic carbocycles. The maximum atomic E-state index is 11.7. The van der Waals surface area contributed by atoms with Crippen molar-refractivity contribution in [3.05, 3.63) is 34.4 Å². The first-order chi connectivity index (χ1) is 8.56. The van der Waals surface area contributed by atoms with Gasteiger partial charge in [0.1, 0.15) is 6.54 Å². The Bertz CT molecular complexity index is 563. The number of halogens is 2. The summed E-state index contributed by atoms with van der Waals surface area (Å²) in [5.41, 5.74) is 5.75. The largest absolute Gasteiger partial charge is 0.381 e. The second-order valence-electron chi connectivity index (χ2n) is 3.44. The fraction of sp³-hybridized carbons (Fsp3) is 0.100. The molecule has 0 radical (unpaired) electrons. The van der Waals surface area contributed by atoms with Crippen molar-refractivity contribution in [1.82, 2.24) is 15.0 Å². The van der Waals surface area contributed by atoms with Crippen LogP contribution in [-0.4, -0.2) is 20.9 Å². The van der Waals surface area contributed by atoms with E-state index in [1.807, 2.05) is 0 Å². The molecule has 94 valence electrons. The van der Waals surface area contributed by atoms with Crippen molar-refractivity contribution in [2.75, 3.05) is 11.1 Å². The molecule has 1 aromatic carbocycles. The van der Waals surface area contributed by atoms with Gasteiger partial charge in [-0.15, -0.1) is 5.10 Å². The minimum atomic E-state index is -0.347. The molecule has 8 heteroatoms. The molecule has 0 unspecified atom stereocenters. The molecule has 2 aromatic rings. The minimum Gasteiger partial charge on any atom is -0.381 e. The van der Waals surface area contributed by atoms with Crippen LogP contribution in [-0.2, 0) is 11.3 Å². The van der Waals surface area contributed by atoms with E-state index in [9.17, 15) is 4.79 Å². The Morgan fingerprint density at radius 3 is 2.61 bits per heavy atom. The standard InChI is InChI=1S/C10H9Cl2N5O/c11-6-2-1-3-7(12)10(6)15-9(18)5-17-14-4-8(13)16-17/h1-4H,5H2,(H2,13,16)(H,15,18). The van der Waals surface area contributed by atoms with Crippen LogP contribution in [0.1, 0.15) is 0 Å². The second-order valence-corrected chi connectivity index (χ2v) is 4.26. The summed E-state index contributed by atoms with van der Waals surface area (Å²) in [4.78, 5) is 12.9. The predicted molar refractivity (Wildman–Crippen MR) is 69.5 cm³/mol. The third kappa shape index (κ3) is 2.91. The van der Waals surface area contributed by atoms with Crippen molar-refractivity contribution >= 4 is 40.6 Å². The van der Waals surface area contributed by atoms with Gasteiger partial charge in [0.05, 0.1) is 21.9 Å². The number of hydrogen-bond acceptors (Lipinski definition) is 4. The van der Waals surface area contributed by atoms with E-state index in [-0.39, 0.29) is 18.3 Å². The van der Waals surface area contributed by atoms with Crippen molar-refractivity contribution in [2.45, 2.75) is 6.54 Å². The van der Waals surface area contributed by atoms with Crippen LogP contribution < -0.4 is 11.1 Å². The average Bonchev–Trinajstić information content (AvgIpc) is 2.69. The molecule has 18 heavy (non-hydrogen) atoms. The minimum absolute atomic E-state index is 0.0707. The molecule has 0 saturated heterocycles. The molecule has 1 aromatic heterocycles. The number of aromatic nitrogens is 3. The van der Waals surface area contributed by atoms with Crippen molar-refractivity contribution in [2.24, 2.45) is 0 Å². The molecule has 0 bridgehead atoms. The van der Waals surface area contributed by atoms with Crippen LogP contribution in [0.2, 0.25) is 10.0 Å². The summed E-state index contributed by atoms with van der Waals surface area (Å²) < 4.78 is 0. The summed E-state index contributed by atoms with van der Waals surface area (Å²) in [6.07, 6.45) is 1.36. The lowest BCUT2D eigenvalue weighted by Crippen LogP contribution is -2.20. The van der Waals surface area contributed by atoms with Gasteiger partial charge >= 0.3 is 0 Å². The Morgan fingerprint density at radius 2 is 2.06 bits per heavy atom. The molecular weight excluding hydrogens is 277 g/mol. The molecule has 0 spiro atoms. The van der Waals surface area contributed by atoms with Gasteiger partial charge < -0.3 is 11.1 Å². The number of benzene rings is 1. The van der Waals surface area contributed by atoms with E-state index in [1.54, 1.807) is 18.2 Å². The van der Waals surface area contributed by atoms with E-state index >= 15 is 0 Å². The van der Waals surface area contributed by atoms with E-state index < -0.39 is 0 Å². The number of rotatable bonds is 3. The Balaban J connectivity index is 2.08. The van der Waals surface area contributed by atoms with E-state index in [0.29, 0.717) is 15.7 Å². The molecule has 0 aliphatic heterocycles. The predicted octanol–water partition coefficient (Wildman–Crippen LogP) is 1.81. The first kappa shape index (κ1) is 12.7. The number of anilines is 2. The molecule has 0 fully saturated rings. The molecule has 2 rings (SSSR count). The number of nitrogen functional groups attached to an aromatic ring is 1. The van der Waals surface area contributed by atoms with Gasteiger partial charge in [0.25, 0.3) is 0 Å². The van der Waals surface area contributed by atoms with Crippen LogP contribution in [0.4, 0.5) is 11.5 Å². The van der Waals surface area contributed by atoms with E-state index in [4.69, 9.17) is 28.9 Å². The first-order valence-corrected chi connectivity index (χ1v) is 5.71. The Morgan fingerprint density at radius 1 is 1.39 bits per heavy atom. The van der Waals surface area contributed by atoms with E-state index in [0.717, 1.165) is 0 Å². The van der Waals surface area contributed by atoms with Gasteiger partial charge in [0, 0.05) is 0 Å². The Hall–Kier alpha value is -1.79. The van der Waals surface area contributed by atoms with Gasteiger partial charge in [0.2, 0.25) is 5.91 Å². The van der Waals surface area contributed by atoms with E-state index in [1.165, 1.54) is 11.0 Å². The highest BCUT2D eigenvalue weighted by molar-refractivity contribution is 6.39. The van der Waals surface area contributed by atoms with Crippen LogP contribution in [0.5, 0.6) is 0 Å². The summed E-state index contributed by atoms with van der Waals surface area (Å²) in [5, 5.41) is 10.9. The lowest BCUT2D eigenvalue weighted by Gasteiger charge is -2.08. The number of amides is 1. The average molecular weight is 286 g/mol. The summed E-state index contributed by atoms with van der Waals surface area (Å²) in [5.74, 6) is -0.0980. The van der Waals surface area contributed by atoms with Crippen molar-refractivity contribution in [1.29, 1.82) is 0 Å². The number of nitrogens with zero attached hydrogens (tertiary/aromatic N) is 3. The lowest BCUT2D eigenvalue weighted by atomic mass is 10.3. The topological polar surface area (TPSA) is 85.8 Å². The third-order valence-electron chi connectivity index (χ3n) is 2.07. The smallest absolute Gasteiger partial charge is 0.248 e. The molecular formula is C10H9Cl2N5O. The zero-order valence-electron chi connectivity index (χ0n) is 9.10. The van der Waals surface area contributed by atoms with Crippen LogP contribution in [0.3, 0.4) is 0 Å². The fourth-order valence-electron chi connectivity index (χ4n) is 1.31. The number of nitrogens with two attached hydrogens (primary N) is 1. The Labute approximate surface area is 113 Å². The lowest BCUT2D eigenvalue weighted by molar-refractivity contribution is -0.117. The monoisotopic (exact) mass is 285 g/mol. The highest BCUT2D eigenvalue weighted by Gasteiger charge is 2.10. The molecule has 1 amide bonds. The van der Waals surface area contributed by atoms with Gasteiger partial charge in [-0.1, -0.05) is 29.3 Å². The second kappa shape index (κ2) is 5.24. The van der Waals surface area contributed by atoms with Gasteiger partial charge in [-0.05, 0) is 12.1 Å². The Kier molecular flexibility index (Phi) is 3.69. The number of carbonyl (C=O) groups excluding carboxylic acids is 1. The summed E-state index contributed by atoms with van der Waals surface area (Å²) >= 11 is 11.8. The summed E-state index contributed by atoms with van der Waals surface area (Å²) in [6.45, 7) is -0.0707. The van der Waals surface area contributed by atoms with Crippen LogP contribution >= 0.6 is 23.2 Å². The number of para-hydroxylation sites is 1. The zero-order valence-corrected chi connectivity index (χ0v) is 10.6. The van der Waals surface area contributed by atoms with Crippen LogP contribution in [0.25, 0.3) is 0 Å². The van der Waals surface area contributed by atoms with Gasteiger partial charge in [-0.3, -0.25) is 4.79 Å². The van der Waals surface area contributed by atoms with Crippen LogP contribution in [0, 0.1) is 0 Å². The SMILES string of the molecule is Nc1cnn(CC(=O)Nc2c(Cl)cccc2Cl)n1. The first-order valence-electron chi connectivity index (χ1n) is 4.96. The normalized spacial score (nSPS) is 10.3. The number of carbonyl (C=O) groups is 1. The zero-order chi connectivity index (χ0) is 13.1. The fourth-order valence-corrected chi connectivity index (χ4v) is 1.80. The maximum absolute atomic E-state index is 11.7. The third-order valence-corrected chi connectivity index (χ3v) is 2.70. The maximum Gasteiger partial charge on any atom is 0.248 e. The van der Waals surface area contributed by atoms with Crippen LogP contribution in [0.15, 0.2) is 24.4 Å². The molecule has 3 N–H and O–H groups in total. The molecule has 0 aliphatic rings. The van der Waals surface area contributed by atoms with Crippen molar-refractivity contribution < 1.29 is 4.79 Å². The van der Waals surface area contributed by atoms with E-state index in [2.05, 4.69) is 15.5 Å². The summed E-state index contributed by atoms with van der Waals surface area (Å²) in [7, 11) is 0. The van der Waals surface area contributed by atoms with Gasteiger partial charge in [0.15, 0.2) is 5.82 Å². The highest BCUT2D eigenvalue weighted by atomic mass is 35.5. The highest BCUT2D eigenvalue weighted by Crippen LogP contribution is 2.29. The van der Waals surface area contributed by atoms with Crippen molar-refractivity contribution in [3.63, 3.8) is 0 Å². The molecule has 0 atom stereocenters. The molecule has 1 heterocycles. The summed E-state index contributed by atoms with van der Waals surface area (Å²) in [6, 6.07) is 4.95.